The van der Waals surface area contributed by atoms with Gasteiger partial charge in [-0.15, -0.1) is 0 Å². The van der Waals surface area contributed by atoms with Gasteiger partial charge in [0.05, 0.1) is 16.7 Å². The van der Waals surface area contributed by atoms with Gasteiger partial charge in [0.25, 0.3) is 5.56 Å². The predicted molar refractivity (Wildman–Crippen MR) is 106 cm³/mol. The molecule has 0 aliphatic carbocycles. The topological polar surface area (TPSA) is 76.5 Å². The molecule has 0 saturated carbocycles. The molecule has 0 fully saturated rings. The fraction of sp³-hybridized carbons (Fsp3) is 0.143. The van der Waals surface area contributed by atoms with Gasteiger partial charge in [-0.1, -0.05) is 37.3 Å². The lowest BCUT2D eigenvalue weighted by Crippen LogP contribution is -2.12. The number of H-pyrrole nitrogens is 1. The molecule has 6 nitrogen and oxygen atoms in total. The maximum Gasteiger partial charge on any atom is 0.262 e. The molecule has 5 aromatic rings. The molecule has 0 radical (unpaired) electrons. The molecule has 0 saturated heterocycles. The Labute approximate surface area is 154 Å². The summed E-state index contributed by atoms with van der Waals surface area (Å²) in [6, 6.07) is 15.7. The number of para-hydroxylation sites is 3. The van der Waals surface area contributed by atoms with Crippen LogP contribution in [-0.2, 0) is 6.42 Å². The fourth-order valence-corrected chi connectivity index (χ4v) is 3.51. The second kappa shape index (κ2) is 5.74. The van der Waals surface area contributed by atoms with Crippen LogP contribution >= 0.6 is 0 Å². The zero-order valence-corrected chi connectivity index (χ0v) is 15.0. The highest BCUT2D eigenvalue weighted by molar-refractivity contribution is 6.05. The van der Waals surface area contributed by atoms with Crippen molar-refractivity contribution in [3.05, 3.63) is 70.3 Å². The Morgan fingerprint density at radius 3 is 2.37 bits per heavy atom. The van der Waals surface area contributed by atoms with E-state index in [2.05, 4.69) is 4.98 Å². The number of nitrogens with zero attached hydrogens (tertiary/aromatic N) is 4. The van der Waals surface area contributed by atoms with E-state index in [-0.39, 0.29) is 5.56 Å². The summed E-state index contributed by atoms with van der Waals surface area (Å²) in [7, 11) is 0. The van der Waals surface area contributed by atoms with Crippen molar-refractivity contribution >= 4 is 33.2 Å². The monoisotopic (exact) mass is 355 g/mol. The van der Waals surface area contributed by atoms with E-state index in [1.54, 1.807) is 0 Å². The average molecular weight is 355 g/mol. The molecule has 0 atom stereocenters. The first kappa shape index (κ1) is 15.7. The van der Waals surface area contributed by atoms with Crippen LogP contribution < -0.4 is 5.56 Å². The standard InChI is InChI=1S/C21H17N5O/c1-3-16-24-19-17(21(27)25-16)18-20(23-14-10-6-5-9-13(14)22-18)26(19)15-11-7-4-8-12(15)2/h4-11H,3H2,1-2H3,(H,24,25,27). The van der Waals surface area contributed by atoms with Crippen LogP contribution in [0.4, 0.5) is 0 Å². The first-order chi connectivity index (χ1) is 13.2. The zero-order chi connectivity index (χ0) is 18.5. The number of aryl methyl sites for hydroxylation is 2. The highest BCUT2D eigenvalue weighted by Crippen LogP contribution is 2.29. The largest absolute Gasteiger partial charge is 0.310 e. The summed E-state index contributed by atoms with van der Waals surface area (Å²) in [4.78, 5) is 30.1. The van der Waals surface area contributed by atoms with Crippen molar-refractivity contribution in [2.24, 2.45) is 0 Å². The smallest absolute Gasteiger partial charge is 0.262 e. The number of benzene rings is 2. The summed E-state index contributed by atoms with van der Waals surface area (Å²) in [5, 5.41) is 0.476. The van der Waals surface area contributed by atoms with Crippen molar-refractivity contribution in [3.63, 3.8) is 0 Å². The molecule has 0 aliphatic rings. The Kier molecular flexibility index (Phi) is 3.33. The Hall–Kier alpha value is -3.54. The van der Waals surface area contributed by atoms with Crippen LogP contribution in [0.5, 0.6) is 0 Å². The van der Waals surface area contributed by atoms with Gasteiger partial charge < -0.3 is 4.98 Å². The number of rotatable bonds is 2. The van der Waals surface area contributed by atoms with Gasteiger partial charge >= 0.3 is 0 Å². The van der Waals surface area contributed by atoms with Crippen LogP contribution in [0.15, 0.2) is 53.3 Å². The third kappa shape index (κ3) is 2.26. The van der Waals surface area contributed by atoms with E-state index < -0.39 is 0 Å². The quantitative estimate of drug-likeness (QED) is 0.524. The second-order valence-corrected chi connectivity index (χ2v) is 6.57. The number of nitrogens with one attached hydrogen (secondary N) is 1. The Bertz CT molecular complexity index is 1400. The van der Waals surface area contributed by atoms with E-state index in [9.17, 15) is 4.79 Å². The lowest BCUT2D eigenvalue weighted by atomic mass is 10.2. The normalized spacial score (nSPS) is 11.6. The number of hydrogen-bond donors (Lipinski definition) is 1. The van der Waals surface area contributed by atoms with Crippen LogP contribution in [0, 0.1) is 6.92 Å². The molecule has 3 aromatic heterocycles. The molecule has 0 amide bonds. The van der Waals surface area contributed by atoms with E-state index in [1.165, 1.54) is 0 Å². The molecule has 27 heavy (non-hydrogen) atoms. The summed E-state index contributed by atoms with van der Waals surface area (Å²) < 4.78 is 1.95. The molecule has 0 spiro atoms. The van der Waals surface area contributed by atoms with Crippen LogP contribution in [0.25, 0.3) is 38.9 Å². The van der Waals surface area contributed by atoms with Crippen molar-refractivity contribution in [2.45, 2.75) is 20.3 Å². The third-order valence-corrected chi connectivity index (χ3v) is 4.85. The van der Waals surface area contributed by atoms with Crippen molar-refractivity contribution in [2.75, 3.05) is 0 Å². The van der Waals surface area contributed by atoms with Gasteiger partial charge in [0.15, 0.2) is 11.3 Å². The molecule has 0 aliphatic heterocycles. The highest BCUT2D eigenvalue weighted by Gasteiger charge is 2.21. The molecule has 6 heteroatoms. The van der Waals surface area contributed by atoms with E-state index in [1.807, 2.05) is 66.9 Å². The molecule has 5 rings (SSSR count). The number of hydrogen-bond acceptors (Lipinski definition) is 4. The number of aromatic nitrogens is 5. The van der Waals surface area contributed by atoms with Crippen LogP contribution in [0.1, 0.15) is 18.3 Å². The molecule has 0 bridgehead atoms. The first-order valence-electron chi connectivity index (χ1n) is 8.93. The van der Waals surface area contributed by atoms with Gasteiger partial charge in [-0.05, 0) is 30.7 Å². The van der Waals surface area contributed by atoms with Crippen molar-refractivity contribution in [3.8, 4) is 5.69 Å². The van der Waals surface area contributed by atoms with E-state index in [4.69, 9.17) is 15.0 Å². The molecule has 3 heterocycles. The van der Waals surface area contributed by atoms with Crippen molar-refractivity contribution in [1.29, 1.82) is 0 Å². The molecule has 0 unspecified atom stereocenters. The van der Waals surface area contributed by atoms with Gasteiger partial charge in [-0.2, -0.15) is 0 Å². The van der Waals surface area contributed by atoms with Crippen LogP contribution in [0.2, 0.25) is 0 Å². The summed E-state index contributed by atoms with van der Waals surface area (Å²) >= 11 is 0. The van der Waals surface area contributed by atoms with Gasteiger partial charge in [-0.25, -0.2) is 15.0 Å². The Balaban J connectivity index is 2.07. The number of fused-ring (bicyclic) bond motifs is 4. The second-order valence-electron chi connectivity index (χ2n) is 6.57. The van der Waals surface area contributed by atoms with E-state index in [0.29, 0.717) is 34.4 Å². The van der Waals surface area contributed by atoms with Crippen molar-refractivity contribution in [1.82, 2.24) is 24.5 Å². The molecular weight excluding hydrogens is 338 g/mol. The maximum atomic E-state index is 12.9. The molecular formula is C21H17N5O. The van der Waals surface area contributed by atoms with Gasteiger partial charge in [0, 0.05) is 6.42 Å². The van der Waals surface area contributed by atoms with Crippen LogP contribution in [0.3, 0.4) is 0 Å². The number of aromatic amines is 1. The summed E-state index contributed by atoms with van der Waals surface area (Å²) in [5.41, 5.74) is 5.19. The van der Waals surface area contributed by atoms with Gasteiger partial charge in [0.1, 0.15) is 16.7 Å². The van der Waals surface area contributed by atoms with Gasteiger partial charge in [-0.3, -0.25) is 9.36 Å². The Morgan fingerprint density at radius 1 is 0.926 bits per heavy atom. The average Bonchev–Trinajstić information content (AvgIpc) is 3.00. The van der Waals surface area contributed by atoms with Gasteiger partial charge in [0.2, 0.25) is 0 Å². The third-order valence-electron chi connectivity index (χ3n) is 4.85. The highest BCUT2D eigenvalue weighted by atomic mass is 16.1. The molecule has 2 aromatic carbocycles. The fourth-order valence-electron chi connectivity index (χ4n) is 3.51. The van der Waals surface area contributed by atoms with E-state index >= 15 is 0 Å². The molecule has 132 valence electrons. The van der Waals surface area contributed by atoms with E-state index in [0.717, 1.165) is 22.3 Å². The molecule has 1 N–H and O–H groups in total. The minimum Gasteiger partial charge on any atom is -0.310 e. The lowest BCUT2D eigenvalue weighted by molar-refractivity contribution is 0.929. The Morgan fingerprint density at radius 2 is 1.63 bits per heavy atom. The lowest BCUT2D eigenvalue weighted by Gasteiger charge is -2.09. The summed E-state index contributed by atoms with van der Waals surface area (Å²) in [5.74, 6) is 0.648. The summed E-state index contributed by atoms with van der Waals surface area (Å²) in [6.45, 7) is 4.01. The van der Waals surface area contributed by atoms with Crippen molar-refractivity contribution < 1.29 is 0 Å². The predicted octanol–water partition coefficient (Wildman–Crippen LogP) is 3.68. The maximum absolute atomic E-state index is 12.9. The SMILES string of the molecule is CCc1nc2c(c(=O)[nH]1)c1nc3ccccc3nc1n2-c1ccccc1C. The minimum absolute atomic E-state index is 0.182. The summed E-state index contributed by atoms with van der Waals surface area (Å²) in [6.07, 6.45) is 0.642. The minimum atomic E-state index is -0.182. The zero-order valence-electron chi connectivity index (χ0n) is 15.0. The van der Waals surface area contributed by atoms with Crippen LogP contribution in [-0.4, -0.2) is 24.5 Å². The first-order valence-corrected chi connectivity index (χ1v) is 8.93.